The van der Waals surface area contributed by atoms with Crippen LogP contribution in [0.15, 0.2) is 59.7 Å². The summed E-state index contributed by atoms with van der Waals surface area (Å²) in [5.41, 5.74) is 2.88. The fourth-order valence-corrected chi connectivity index (χ4v) is 2.39. The highest BCUT2D eigenvalue weighted by Crippen LogP contribution is 2.26. The quantitative estimate of drug-likeness (QED) is 0.865. The number of methoxy groups -OCH3 is 1. The van der Waals surface area contributed by atoms with Crippen molar-refractivity contribution < 1.29 is 4.74 Å². The van der Waals surface area contributed by atoms with Crippen LogP contribution in [0.25, 0.3) is 0 Å². The van der Waals surface area contributed by atoms with Crippen LogP contribution >= 0.6 is 0 Å². The van der Waals surface area contributed by atoms with Crippen molar-refractivity contribution in [2.75, 3.05) is 12.1 Å². The lowest BCUT2D eigenvalue weighted by Crippen LogP contribution is -2.24. The largest absolute Gasteiger partial charge is 0.497 e. The average molecular weight is 277 g/mol. The van der Waals surface area contributed by atoms with E-state index in [0.29, 0.717) is 6.42 Å². The summed E-state index contributed by atoms with van der Waals surface area (Å²) in [7, 11) is 1.64. The zero-order valence-electron chi connectivity index (χ0n) is 11.7. The number of benzene rings is 2. The van der Waals surface area contributed by atoms with Gasteiger partial charge in [-0.15, -0.1) is 0 Å². The molecular weight excluding hydrogens is 262 g/mol. The second kappa shape index (κ2) is 5.68. The van der Waals surface area contributed by atoms with Gasteiger partial charge in [0.2, 0.25) is 0 Å². The summed E-state index contributed by atoms with van der Waals surface area (Å²) in [4.78, 5) is 0. The van der Waals surface area contributed by atoms with Crippen LogP contribution in [0.4, 0.5) is 5.69 Å². The molecule has 0 bridgehead atoms. The number of hydrogen-bond acceptors (Lipinski definition) is 4. The third-order valence-corrected chi connectivity index (χ3v) is 3.50. The minimum atomic E-state index is -0.260. The molecule has 1 aliphatic rings. The predicted molar refractivity (Wildman–Crippen MR) is 82.5 cm³/mol. The molecule has 0 N–H and O–H groups in total. The van der Waals surface area contributed by atoms with E-state index in [2.05, 4.69) is 11.2 Å². The van der Waals surface area contributed by atoms with Crippen LogP contribution in [0, 0.1) is 11.3 Å². The van der Waals surface area contributed by atoms with Crippen LogP contribution in [0.2, 0.25) is 0 Å². The summed E-state index contributed by atoms with van der Waals surface area (Å²) in [6.45, 7) is 0. The zero-order chi connectivity index (χ0) is 14.7. The number of anilines is 1. The molecule has 21 heavy (non-hydrogen) atoms. The van der Waals surface area contributed by atoms with Gasteiger partial charge in [0.15, 0.2) is 0 Å². The van der Waals surface area contributed by atoms with Gasteiger partial charge in [-0.25, -0.2) is 5.01 Å². The normalized spacial score (nSPS) is 17.2. The zero-order valence-corrected chi connectivity index (χ0v) is 11.7. The van der Waals surface area contributed by atoms with Gasteiger partial charge in [0.25, 0.3) is 0 Å². The summed E-state index contributed by atoms with van der Waals surface area (Å²) in [6.07, 6.45) is 0.623. The second-order valence-corrected chi connectivity index (χ2v) is 4.80. The Morgan fingerprint density at radius 2 is 1.86 bits per heavy atom. The second-order valence-electron chi connectivity index (χ2n) is 4.80. The minimum absolute atomic E-state index is 0.260. The molecular formula is C17H15N3O. The Morgan fingerprint density at radius 3 is 2.48 bits per heavy atom. The van der Waals surface area contributed by atoms with Crippen LogP contribution in [0.5, 0.6) is 5.75 Å². The van der Waals surface area contributed by atoms with Crippen LogP contribution in [0.1, 0.15) is 12.0 Å². The van der Waals surface area contributed by atoms with Gasteiger partial charge in [0.1, 0.15) is 11.8 Å². The Bertz CT molecular complexity index is 686. The van der Waals surface area contributed by atoms with E-state index in [4.69, 9.17) is 4.74 Å². The summed E-state index contributed by atoms with van der Waals surface area (Å²) >= 11 is 0. The first-order chi connectivity index (χ1) is 10.3. The van der Waals surface area contributed by atoms with E-state index in [0.717, 1.165) is 22.7 Å². The first kappa shape index (κ1) is 13.2. The fraction of sp³-hybridized carbons (Fsp3) is 0.176. The SMILES string of the molecule is COc1ccc(C2=NN(c3ccccc3)C(C#N)C2)cc1. The highest BCUT2D eigenvalue weighted by molar-refractivity contribution is 6.03. The standard InChI is InChI=1S/C17H15N3O/c1-21-16-9-7-13(8-10-16)17-11-15(12-18)20(19-17)14-5-3-2-4-6-14/h2-10,15H,11H2,1H3. The van der Waals surface area contributed by atoms with E-state index < -0.39 is 0 Å². The van der Waals surface area contributed by atoms with Crippen molar-refractivity contribution in [3.63, 3.8) is 0 Å². The van der Waals surface area contributed by atoms with E-state index in [9.17, 15) is 5.26 Å². The number of hydrogen-bond donors (Lipinski definition) is 0. The molecule has 0 amide bonds. The first-order valence-corrected chi connectivity index (χ1v) is 6.77. The van der Waals surface area contributed by atoms with E-state index in [1.54, 1.807) is 12.1 Å². The summed E-state index contributed by atoms with van der Waals surface area (Å²) in [5.74, 6) is 0.814. The van der Waals surface area contributed by atoms with Crippen molar-refractivity contribution in [2.24, 2.45) is 5.10 Å². The first-order valence-electron chi connectivity index (χ1n) is 6.77. The van der Waals surface area contributed by atoms with Crippen LogP contribution in [-0.4, -0.2) is 18.9 Å². The predicted octanol–water partition coefficient (Wildman–Crippen LogP) is 3.20. The van der Waals surface area contributed by atoms with E-state index >= 15 is 0 Å². The van der Waals surface area contributed by atoms with Gasteiger partial charge in [-0.1, -0.05) is 18.2 Å². The molecule has 0 aliphatic carbocycles. The lowest BCUT2D eigenvalue weighted by molar-refractivity contribution is 0.415. The van der Waals surface area contributed by atoms with Crippen molar-refractivity contribution in [1.82, 2.24) is 0 Å². The molecule has 4 nitrogen and oxygen atoms in total. The van der Waals surface area contributed by atoms with Gasteiger partial charge in [0, 0.05) is 6.42 Å². The Balaban J connectivity index is 1.91. The van der Waals surface area contributed by atoms with E-state index in [1.165, 1.54) is 0 Å². The van der Waals surface area contributed by atoms with Gasteiger partial charge in [-0.2, -0.15) is 10.4 Å². The molecule has 0 radical (unpaired) electrons. The monoisotopic (exact) mass is 277 g/mol. The topological polar surface area (TPSA) is 48.6 Å². The van der Waals surface area contributed by atoms with Gasteiger partial charge in [0.05, 0.1) is 24.6 Å². The Kier molecular flexibility index (Phi) is 3.57. The lowest BCUT2D eigenvalue weighted by atomic mass is 10.0. The maximum absolute atomic E-state index is 9.36. The molecule has 0 spiro atoms. The summed E-state index contributed by atoms with van der Waals surface area (Å²) in [6, 6.07) is 19.6. The molecule has 0 saturated carbocycles. The maximum atomic E-state index is 9.36. The van der Waals surface area contributed by atoms with Crippen molar-refractivity contribution in [2.45, 2.75) is 12.5 Å². The van der Waals surface area contributed by atoms with E-state index in [1.807, 2.05) is 54.6 Å². The minimum Gasteiger partial charge on any atom is -0.497 e. The fourth-order valence-electron chi connectivity index (χ4n) is 2.39. The Hall–Kier alpha value is -2.80. The number of nitrogens with zero attached hydrogens (tertiary/aromatic N) is 3. The van der Waals surface area contributed by atoms with E-state index in [-0.39, 0.29) is 6.04 Å². The third-order valence-electron chi connectivity index (χ3n) is 3.50. The average Bonchev–Trinajstić information content (AvgIpc) is 3.00. The Labute approximate surface area is 123 Å². The van der Waals surface area contributed by atoms with Crippen molar-refractivity contribution in [3.05, 3.63) is 60.2 Å². The molecule has 1 unspecified atom stereocenters. The van der Waals surface area contributed by atoms with Crippen molar-refractivity contribution in [3.8, 4) is 11.8 Å². The molecule has 104 valence electrons. The van der Waals surface area contributed by atoms with Gasteiger partial charge in [-0.05, 0) is 42.0 Å². The highest BCUT2D eigenvalue weighted by atomic mass is 16.5. The number of rotatable bonds is 3. The van der Waals surface area contributed by atoms with Crippen LogP contribution in [0.3, 0.4) is 0 Å². The maximum Gasteiger partial charge on any atom is 0.144 e. The molecule has 4 heteroatoms. The number of nitriles is 1. The number of hydrazone groups is 1. The molecule has 2 aromatic carbocycles. The molecule has 1 atom stereocenters. The molecule has 0 saturated heterocycles. The lowest BCUT2D eigenvalue weighted by Gasteiger charge is -2.17. The molecule has 1 heterocycles. The van der Waals surface area contributed by atoms with Crippen LogP contribution < -0.4 is 9.75 Å². The number of ether oxygens (including phenoxy) is 1. The van der Waals surface area contributed by atoms with Crippen molar-refractivity contribution in [1.29, 1.82) is 5.26 Å². The summed E-state index contributed by atoms with van der Waals surface area (Å²) < 4.78 is 5.16. The molecule has 1 aliphatic heterocycles. The summed E-state index contributed by atoms with van der Waals surface area (Å²) in [5, 5.41) is 15.8. The van der Waals surface area contributed by atoms with Crippen molar-refractivity contribution >= 4 is 11.4 Å². The van der Waals surface area contributed by atoms with Crippen LogP contribution in [-0.2, 0) is 0 Å². The molecule has 2 aromatic rings. The smallest absolute Gasteiger partial charge is 0.144 e. The molecule has 0 aromatic heterocycles. The third kappa shape index (κ3) is 2.59. The highest BCUT2D eigenvalue weighted by Gasteiger charge is 2.28. The van der Waals surface area contributed by atoms with Gasteiger partial charge >= 0.3 is 0 Å². The van der Waals surface area contributed by atoms with Gasteiger partial charge in [-0.3, -0.25) is 0 Å². The Morgan fingerprint density at radius 1 is 1.14 bits per heavy atom. The van der Waals surface area contributed by atoms with Gasteiger partial charge < -0.3 is 4.74 Å². The molecule has 3 rings (SSSR count). The molecule has 0 fully saturated rings. The number of para-hydroxylation sites is 1.